The maximum absolute atomic E-state index is 13.2. The molecule has 2 aromatic heterocycles. The fraction of sp³-hybridized carbons (Fsp3) is 0.571. The Morgan fingerprint density at radius 2 is 1.93 bits per heavy atom. The Morgan fingerprint density at radius 1 is 1.17 bits per heavy atom. The monoisotopic (exact) mass is 582 g/mol. The van der Waals surface area contributed by atoms with Crippen molar-refractivity contribution in [2.75, 3.05) is 11.9 Å². The number of rotatable bonds is 12. The number of fused-ring (bicyclic) bond motifs is 2. The van der Waals surface area contributed by atoms with Crippen LogP contribution in [-0.4, -0.2) is 67.6 Å². The van der Waals surface area contributed by atoms with Crippen molar-refractivity contribution in [1.29, 1.82) is 0 Å². The van der Waals surface area contributed by atoms with Crippen LogP contribution >= 0.6 is 0 Å². The molecule has 2 aromatic rings. The van der Waals surface area contributed by atoms with Crippen LogP contribution in [0.2, 0.25) is 0 Å². The first kappa shape index (κ1) is 30.6. The minimum Gasteiger partial charge on any atom is -0.352 e. The molecule has 42 heavy (non-hydrogen) atoms. The smallest absolute Gasteiger partial charge is 0.287 e. The third-order valence-corrected chi connectivity index (χ3v) is 8.50. The van der Waals surface area contributed by atoms with E-state index in [4.69, 9.17) is 0 Å². The average Bonchev–Trinajstić information content (AvgIpc) is 3.57. The number of carbonyl (C=O) groups is 5. The van der Waals surface area contributed by atoms with Gasteiger partial charge in [0.25, 0.3) is 17.4 Å². The number of carbonyl (C=O) groups excluding carboxylic acids is 5. The molecule has 0 saturated heterocycles. The molecule has 2 bridgehead atoms. The second-order valence-electron chi connectivity index (χ2n) is 11.6. The fourth-order valence-corrected chi connectivity index (χ4v) is 6.18. The summed E-state index contributed by atoms with van der Waals surface area (Å²) < 4.78 is 2.51. The Morgan fingerprint density at radius 3 is 2.55 bits per heavy atom. The van der Waals surface area contributed by atoms with Crippen molar-refractivity contribution in [3.05, 3.63) is 40.6 Å². The molecule has 4 amide bonds. The lowest BCUT2D eigenvalue weighted by molar-refractivity contribution is -0.138. The van der Waals surface area contributed by atoms with Crippen LogP contribution in [0.3, 0.4) is 0 Å². The molecule has 14 nitrogen and oxygen atoms in total. The summed E-state index contributed by atoms with van der Waals surface area (Å²) in [5.41, 5.74) is -0.586. The molecule has 0 radical (unpaired) electrons. The Hall–Kier alpha value is -4.36. The van der Waals surface area contributed by atoms with Crippen molar-refractivity contribution in [3.8, 4) is 0 Å². The van der Waals surface area contributed by atoms with Gasteiger partial charge in [-0.1, -0.05) is 19.1 Å². The topological polar surface area (TPSA) is 186 Å². The third kappa shape index (κ3) is 6.74. The van der Waals surface area contributed by atoms with Gasteiger partial charge in [0.1, 0.15) is 18.3 Å². The zero-order valence-corrected chi connectivity index (χ0v) is 24.3. The molecule has 0 aliphatic heterocycles. The van der Waals surface area contributed by atoms with E-state index in [1.807, 2.05) is 0 Å². The lowest BCUT2D eigenvalue weighted by Crippen LogP contribution is -2.46. The molecule has 4 unspecified atom stereocenters. The maximum atomic E-state index is 13.2. The predicted molar refractivity (Wildman–Crippen MR) is 151 cm³/mol. The number of hydrogen-bond donors (Lipinski definition) is 4. The van der Waals surface area contributed by atoms with E-state index >= 15 is 0 Å². The first-order valence-electron chi connectivity index (χ1n) is 14.2. The third-order valence-electron chi connectivity index (χ3n) is 8.50. The Bertz CT molecular complexity index is 1430. The summed E-state index contributed by atoms with van der Waals surface area (Å²) in [4.78, 5) is 76.0. The number of amides is 4. The van der Waals surface area contributed by atoms with Gasteiger partial charge in [-0.05, 0) is 62.0 Å². The Labute approximate surface area is 243 Å². The largest absolute Gasteiger partial charge is 0.352 e. The van der Waals surface area contributed by atoms with E-state index in [1.54, 1.807) is 14.0 Å². The SMILES string of the molecule is CCNC(=O)C(=O)CCC(NC(=O)c1cn(C)nn1)C(=O)Nc1cccn(CC(=O)NC2CC3CCC2C3(C)C)c1=O. The Balaban J connectivity index is 1.43. The van der Waals surface area contributed by atoms with Gasteiger partial charge in [-0.25, -0.2) is 0 Å². The van der Waals surface area contributed by atoms with Gasteiger partial charge >= 0.3 is 0 Å². The molecule has 226 valence electrons. The minimum atomic E-state index is -1.28. The summed E-state index contributed by atoms with van der Waals surface area (Å²) in [6, 6.07) is 1.70. The van der Waals surface area contributed by atoms with E-state index in [0.29, 0.717) is 11.8 Å². The number of nitrogens with one attached hydrogen (secondary N) is 4. The van der Waals surface area contributed by atoms with Gasteiger partial charge in [0.2, 0.25) is 17.6 Å². The van der Waals surface area contributed by atoms with Gasteiger partial charge in [-0.15, -0.1) is 5.10 Å². The van der Waals surface area contributed by atoms with Crippen LogP contribution in [0.25, 0.3) is 0 Å². The molecule has 4 atom stereocenters. The van der Waals surface area contributed by atoms with Crippen molar-refractivity contribution >= 4 is 35.1 Å². The second kappa shape index (κ2) is 12.7. The second-order valence-corrected chi connectivity index (χ2v) is 11.6. The number of hydrogen-bond acceptors (Lipinski definition) is 8. The first-order chi connectivity index (χ1) is 19.9. The first-order valence-corrected chi connectivity index (χ1v) is 14.2. The molecule has 2 aliphatic carbocycles. The van der Waals surface area contributed by atoms with Gasteiger partial charge in [0.15, 0.2) is 5.69 Å². The van der Waals surface area contributed by atoms with Gasteiger partial charge in [0, 0.05) is 32.3 Å². The quantitative estimate of drug-likeness (QED) is 0.255. The van der Waals surface area contributed by atoms with Crippen LogP contribution in [0.1, 0.15) is 63.4 Å². The summed E-state index contributed by atoms with van der Waals surface area (Å²) in [6.07, 6.45) is 5.45. The standard InChI is InChI=1S/C28H38N8O6/c1-5-29-26(41)22(37)11-10-18(31-25(40)21-14-35(4)34-33-21)24(39)32-19-7-6-12-36(27(19)42)15-23(38)30-20-13-16-8-9-17(20)28(16,2)3/h6-7,12,14,16-18,20H,5,8-11,13,15H2,1-4H3,(H,29,41)(H,30,38)(H,31,40)(H,32,39). The minimum absolute atomic E-state index is 0.0581. The molecule has 2 heterocycles. The number of anilines is 1. The lowest BCUT2D eigenvalue weighted by Gasteiger charge is -2.27. The van der Waals surface area contributed by atoms with Crippen molar-refractivity contribution < 1.29 is 24.0 Å². The van der Waals surface area contributed by atoms with E-state index in [2.05, 4.69) is 45.4 Å². The maximum Gasteiger partial charge on any atom is 0.287 e. The molecule has 0 aromatic carbocycles. The summed E-state index contributed by atoms with van der Waals surface area (Å²) in [5.74, 6) is -2.35. The van der Waals surface area contributed by atoms with Crippen LogP contribution in [0.4, 0.5) is 5.69 Å². The lowest BCUT2D eigenvalue weighted by atomic mass is 9.81. The number of aryl methyl sites for hydroxylation is 1. The highest BCUT2D eigenvalue weighted by molar-refractivity contribution is 6.36. The Kier molecular flexibility index (Phi) is 9.22. The summed E-state index contributed by atoms with van der Waals surface area (Å²) in [5, 5.41) is 17.9. The van der Waals surface area contributed by atoms with Crippen LogP contribution in [0, 0.1) is 17.3 Å². The zero-order chi connectivity index (χ0) is 30.6. The number of likely N-dealkylation sites (N-methyl/N-ethyl adjacent to an activating group) is 1. The number of Topliss-reactive ketones (excluding diaryl/α,β-unsaturated/α-hetero) is 1. The van der Waals surface area contributed by atoms with Gasteiger partial charge in [-0.3, -0.25) is 33.4 Å². The van der Waals surface area contributed by atoms with E-state index in [-0.39, 0.29) is 54.7 Å². The van der Waals surface area contributed by atoms with Crippen molar-refractivity contribution in [2.45, 2.75) is 71.5 Å². The predicted octanol–water partition coefficient (Wildman–Crippen LogP) is 0.140. The van der Waals surface area contributed by atoms with E-state index < -0.39 is 35.1 Å². The van der Waals surface area contributed by atoms with Crippen LogP contribution in [0.15, 0.2) is 29.3 Å². The number of ketones is 1. The van der Waals surface area contributed by atoms with Gasteiger partial charge < -0.3 is 25.8 Å². The molecule has 4 rings (SSSR count). The van der Waals surface area contributed by atoms with E-state index in [9.17, 15) is 28.8 Å². The average molecular weight is 583 g/mol. The molecule has 2 saturated carbocycles. The highest BCUT2D eigenvalue weighted by Gasteiger charge is 2.53. The number of aromatic nitrogens is 4. The van der Waals surface area contributed by atoms with Gasteiger partial charge in [0.05, 0.1) is 6.20 Å². The van der Waals surface area contributed by atoms with Crippen molar-refractivity contribution in [2.24, 2.45) is 24.3 Å². The molecule has 14 heteroatoms. The summed E-state index contributed by atoms with van der Waals surface area (Å²) >= 11 is 0. The van der Waals surface area contributed by atoms with Crippen LogP contribution < -0.4 is 26.8 Å². The zero-order valence-electron chi connectivity index (χ0n) is 24.3. The molecule has 4 N–H and O–H groups in total. The highest BCUT2D eigenvalue weighted by atomic mass is 16.2. The van der Waals surface area contributed by atoms with Crippen molar-refractivity contribution in [1.82, 2.24) is 35.5 Å². The van der Waals surface area contributed by atoms with E-state index in [1.165, 1.54) is 40.2 Å². The number of pyridine rings is 1. The van der Waals surface area contributed by atoms with Crippen molar-refractivity contribution in [3.63, 3.8) is 0 Å². The summed E-state index contributed by atoms with van der Waals surface area (Å²) in [6.45, 7) is 6.20. The molecule has 0 spiro atoms. The molecule has 2 fully saturated rings. The van der Waals surface area contributed by atoms with Gasteiger partial charge in [-0.2, -0.15) is 0 Å². The molecular formula is C28H38N8O6. The number of nitrogens with zero attached hydrogens (tertiary/aromatic N) is 4. The van der Waals surface area contributed by atoms with E-state index in [0.717, 1.165) is 12.8 Å². The van der Waals surface area contributed by atoms with Crippen LogP contribution in [-0.2, 0) is 32.8 Å². The highest BCUT2D eigenvalue weighted by Crippen LogP contribution is 2.57. The normalized spacial score (nSPS) is 20.9. The van der Waals surface area contributed by atoms with Crippen LogP contribution in [0.5, 0.6) is 0 Å². The molecule has 2 aliphatic rings. The summed E-state index contributed by atoms with van der Waals surface area (Å²) in [7, 11) is 1.57. The molecular weight excluding hydrogens is 544 g/mol. The fourth-order valence-electron chi connectivity index (χ4n) is 6.18.